The Morgan fingerprint density at radius 3 is 2.65 bits per heavy atom. The van der Waals surface area contributed by atoms with Crippen LogP contribution in [0.1, 0.15) is 17.0 Å². The van der Waals surface area contributed by atoms with Crippen molar-refractivity contribution in [2.45, 2.75) is 13.3 Å². The molecular formula is C18H14ClN3O. The van der Waals surface area contributed by atoms with Crippen LogP contribution in [0, 0.1) is 6.92 Å². The molecule has 0 saturated heterocycles. The van der Waals surface area contributed by atoms with Gasteiger partial charge in [0.15, 0.2) is 0 Å². The molecule has 2 heterocycles. The van der Waals surface area contributed by atoms with Gasteiger partial charge in [-0.1, -0.05) is 41.9 Å². The summed E-state index contributed by atoms with van der Waals surface area (Å²) in [5.41, 5.74) is 4.18. The molecule has 1 N–H and O–H groups in total. The minimum absolute atomic E-state index is 0.501. The number of aryl methyl sites for hydroxylation is 1. The van der Waals surface area contributed by atoms with Gasteiger partial charge in [0.05, 0.1) is 0 Å². The summed E-state index contributed by atoms with van der Waals surface area (Å²) in [6, 6.07) is 16.1. The maximum absolute atomic E-state index is 6.19. The quantitative estimate of drug-likeness (QED) is 0.591. The molecule has 0 aliphatic carbocycles. The first-order valence-corrected chi connectivity index (χ1v) is 7.73. The van der Waals surface area contributed by atoms with Crippen LogP contribution in [-0.2, 0) is 6.42 Å². The molecule has 2 aromatic carbocycles. The molecule has 0 atom stereocenters. The Morgan fingerprint density at radius 1 is 1.09 bits per heavy atom. The summed E-state index contributed by atoms with van der Waals surface area (Å²) < 4.78 is 5.62. The smallest absolute Gasteiger partial charge is 0.264 e. The van der Waals surface area contributed by atoms with Gasteiger partial charge in [0.1, 0.15) is 5.69 Å². The number of fused-ring (bicyclic) bond motifs is 1. The minimum atomic E-state index is 0.501. The Kier molecular flexibility index (Phi) is 3.39. The molecule has 4 aromatic rings. The lowest BCUT2D eigenvalue weighted by atomic mass is 10.0. The van der Waals surface area contributed by atoms with Gasteiger partial charge in [-0.25, -0.2) is 0 Å². The Balaban J connectivity index is 1.92. The van der Waals surface area contributed by atoms with Crippen molar-refractivity contribution in [1.82, 2.24) is 15.2 Å². The molecule has 114 valence electrons. The third kappa shape index (κ3) is 2.62. The highest BCUT2D eigenvalue weighted by molar-refractivity contribution is 6.31. The highest BCUT2D eigenvalue weighted by Crippen LogP contribution is 2.33. The highest BCUT2D eigenvalue weighted by Gasteiger charge is 2.18. The number of aromatic nitrogens is 3. The summed E-state index contributed by atoms with van der Waals surface area (Å²) in [7, 11) is 0. The third-order valence-electron chi connectivity index (χ3n) is 3.83. The average Bonchev–Trinajstić information content (AvgIpc) is 3.13. The number of H-pyrrole nitrogens is 1. The van der Waals surface area contributed by atoms with Crippen LogP contribution in [0.15, 0.2) is 52.9 Å². The Hall–Kier alpha value is -2.59. The largest absolute Gasteiger partial charge is 0.420 e. The van der Waals surface area contributed by atoms with Crippen LogP contribution in [0.4, 0.5) is 0 Å². The molecule has 23 heavy (non-hydrogen) atoms. The lowest BCUT2D eigenvalue weighted by Gasteiger charge is -2.03. The van der Waals surface area contributed by atoms with E-state index in [-0.39, 0.29) is 0 Å². The van der Waals surface area contributed by atoms with E-state index in [1.165, 1.54) is 5.56 Å². The lowest BCUT2D eigenvalue weighted by molar-refractivity contribution is 0.531. The van der Waals surface area contributed by atoms with Crippen LogP contribution in [0.3, 0.4) is 0 Å². The molecule has 0 unspecified atom stereocenters. The zero-order chi connectivity index (χ0) is 15.8. The van der Waals surface area contributed by atoms with Gasteiger partial charge < -0.3 is 9.40 Å². The Bertz CT molecular complexity index is 973. The second-order valence-electron chi connectivity index (χ2n) is 5.46. The van der Waals surface area contributed by atoms with Crippen LogP contribution >= 0.6 is 11.6 Å². The van der Waals surface area contributed by atoms with Crippen LogP contribution < -0.4 is 0 Å². The monoisotopic (exact) mass is 323 g/mol. The number of benzene rings is 2. The van der Waals surface area contributed by atoms with E-state index in [1.54, 1.807) is 6.92 Å². The fourth-order valence-corrected chi connectivity index (χ4v) is 2.96. The first kappa shape index (κ1) is 14.0. The second kappa shape index (κ2) is 5.56. The number of aromatic amines is 1. The van der Waals surface area contributed by atoms with E-state index in [0.717, 1.165) is 28.6 Å². The summed E-state index contributed by atoms with van der Waals surface area (Å²) in [6.07, 6.45) is 0.762. The predicted molar refractivity (Wildman–Crippen MR) is 90.6 cm³/mol. The van der Waals surface area contributed by atoms with Crippen molar-refractivity contribution in [2.24, 2.45) is 0 Å². The van der Waals surface area contributed by atoms with E-state index >= 15 is 0 Å². The maximum Gasteiger partial charge on any atom is 0.264 e. The fourth-order valence-electron chi connectivity index (χ4n) is 2.78. The topological polar surface area (TPSA) is 54.7 Å². The van der Waals surface area contributed by atoms with Crippen molar-refractivity contribution in [1.29, 1.82) is 0 Å². The molecule has 2 aromatic heterocycles. The van der Waals surface area contributed by atoms with Crippen molar-refractivity contribution in [3.63, 3.8) is 0 Å². The summed E-state index contributed by atoms with van der Waals surface area (Å²) in [5, 5.41) is 9.87. The van der Waals surface area contributed by atoms with Gasteiger partial charge in [0, 0.05) is 29.3 Å². The summed E-state index contributed by atoms with van der Waals surface area (Å²) in [6.45, 7) is 1.78. The highest BCUT2D eigenvalue weighted by atomic mass is 35.5. The zero-order valence-corrected chi connectivity index (χ0v) is 13.3. The van der Waals surface area contributed by atoms with E-state index in [9.17, 15) is 0 Å². The number of rotatable bonds is 3. The maximum atomic E-state index is 6.19. The number of halogens is 1. The number of nitrogens with one attached hydrogen (secondary N) is 1. The van der Waals surface area contributed by atoms with Crippen molar-refractivity contribution < 1.29 is 4.42 Å². The van der Waals surface area contributed by atoms with Gasteiger partial charge in [-0.3, -0.25) is 0 Å². The molecule has 5 heteroatoms. The second-order valence-corrected chi connectivity index (χ2v) is 5.89. The van der Waals surface area contributed by atoms with Crippen LogP contribution in [-0.4, -0.2) is 15.2 Å². The lowest BCUT2D eigenvalue weighted by Crippen LogP contribution is -1.90. The van der Waals surface area contributed by atoms with E-state index in [0.29, 0.717) is 16.8 Å². The molecule has 0 amide bonds. The molecule has 0 saturated carbocycles. The summed E-state index contributed by atoms with van der Waals surface area (Å²) >= 11 is 6.19. The minimum Gasteiger partial charge on any atom is -0.420 e. The van der Waals surface area contributed by atoms with Gasteiger partial charge in [-0.2, -0.15) is 0 Å². The zero-order valence-electron chi connectivity index (χ0n) is 12.5. The van der Waals surface area contributed by atoms with E-state index < -0.39 is 0 Å². The van der Waals surface area contributed by atoms with Crippen molar-refractivity contribution >= 4 is 22.5 Å². The SMILES string of the molecule is Cc1nnc(-c2[nH]c3ccc(Cl)cc3c2Cc2ccccc2)o1. The van der Waals surface area contributed by atoms with Gasteiger partial charge in [-0.15, -0.1) is 10.2 Å². The third-order valence-corrected chi connectivity index (χ3v) is 4.07. The molecule has 0 radical (unpaired) electrons. The van der Waals surface area contributed by atoms with Crippen LogP contribution in [0.5, 0.6) is 0 Å². The first-order valence-electron chi connectivity index (χ1n) is 7.35. The van der Waals surface area contributed by atoms with Crippen molar-refractivity contribution in [3.8, 4) is 11.6 Å². The molecule has 0 aliphatic rings. The van der Waals surface area contributed by atoms with E-state index in [4.69, 9.17) is 16.0 Å². The summed E-state index contributed by atoms with van der Waals surface area (Å²) in [5.74, 6) is 1.04. The van der Waals surface area contributed by atoms with Crippen LogP contribution in [0.2, 0.25) is 5.02 Å². The van der Waals surface area contributed by atoms with Crippen molar-refractivity contribution in [2.75, 3.05) is 0 Å². The molecular weight excluding hydrogens is 310 g/mol. The molecule has 0 bridgehead atoms. The van der Waals surface area contributed by atoms with Crippen LogP contribution in [0.25, 0.3) is 22.5 Å². The number of hydrogen-bond acceptors (Lipinski definition) is 3. The number of hydrogen-bond donors (Lipinski definition) is 1. The Morgan fingerprint density at radius 2 is 1.91 bits per heavy atom. The average molecular weight is 324 g/mol. The van der Waals surface area contributed by atoms with Gasteiger partial charge in [0.2, 0.25) is 5.89 Å². The van der Waals surface area contributed by atoms with Gasteiger partial charge >= 0.3 is 0 Å². The normalized spacial score (nSPS) is 11.2. The number of nitrogens with zero attached hydrogens (tertiary/aromatic N) is 2. The van der Waals surface area contributed by atoms with Gasteiger partial charge in [-0.05, 0) is 29.3 Å². The molecule has 4 nitrogen and oxygen atoms in total. The predicted octanol–water partition coefficient (Wildman–Crippen LogP) is 4.77. The Labute approximate surface area is 138 Å². The van der Waals surface area contributed by atoms with Crippen molar-refractivity contribution in [3.05, 3.63) is 70.6 Å². The molecule has 0 fully saturated rings. The standard InChI is InChI=1S/C18H14ClN3O/c1-11-21-22-18(23-11)17-15(9-12-5-3-2-4-6-12)14-10-13(19)7-8-16(14)20-17/h2-8,10,20H,9H2,1H3. The molecule has 4 rings (SSSR count). The van der Waals surface area contributed by atoms with E-state index in [2.05, 4.69) is 27.3 Å². The molecule has 0 spiro atoms. The molecule has 0 aliphatic heterocycles. The fraction of sp³-hybridized carbons (Fsp3) is 0.111. The van der Waals surface area contributed by atoms with Gasteiger partial charge in [0.25, 0.3) is 5.89 Å². The first-order chi connectivity index (χ1) is 11.2. The summed E-state index contributed by atoms with van der Waals surface area (Å²) in [4.78, 5) is 3.39. The van der Waals surface area contributed by atoms with E-state index in [1.807, 2.05) is 36.4 Å².